The lowest BCUT2D eigenvalue weighted by Gasteiger charge is -2.12. The fraction of sp³-hybridized carbons (Fsp3) is 0.714. The van der Waals surface area contributed by atoms with E-state index in [2.05, 4.69) is 0 Å². The van der Waals surface area contributed by atoms with Crippen molar-refractivity contribution < 1.29 is 17.7 Å². The summed E-state index contributed by atoms with van der Waals surface area (Å²) in [7, 11) is -3.82. The molecule has 0 spiro atoms. The van der Waals surface area contributed by atoms with Gasteiger partial charge in [0, 0.05) is 0 Å². The third-order valence-electron chi connectivity index (χ3n) is 1.66. The molecule has 0 aliphatic carbocycles. The molecule has 0 unspecified atom stereocenters. The van der Waals surface area contributed by atoms with Crippen molar-refractivity contribution >= 4 is 10.1 Å². The van der Waals surface area contributed by atoms with Crippen LogP contribution >= 0.6 is 0 Å². The molecular formula is C7H12O4S. The van der Waals surface area contributed by atoms with E-state index in [1.54, 1.807) is 0 Å². The summed E-state index contributed by atoms with van der Waals surface area (Å²) >= 11 is 0. The van der Waals surface area contributed by atoms with Gasteiger partial charge in [0.15, 0.2) is 0 Å². The van der Waals surface area contributed by atoms with Crippen molar-refractivity contribution in [3.8, 4) is 0 Å². The Morgan fingerprint density at radius 2 is 2.33 bits per heavy atom. The zero-order valence-electron chi connectivity index (χ0n) is 6.69. The van der Waals surface area contributed by atoms with Gasteiger partial charge in [-0.2, -0.15) is 8.42 Å². The predicted molar refractivity (Wildman–Crippen MR) is 44.6 cm³/mol. The Bertz CT molecular complexity index is 265. The van der Waals surface area contributed by atoms with Crippen LogP contribution in [0.2, 0.25) is 0 Å². The van der Waals surface area contributed by atoms with Gasteiger partial charge in [0.2, 0.25) is 0 Å². The quantitative estimate of drug-likeness (QED) is 0.525. The summed E-state index contributed by atoms with van der Waals surface area (Å²) in [6, 6.07) is 0. The molecule has 0 aromatic heterocycles. The van der Waals surface area contributed by atoms with Crippen LogP contribution in [0.15, 0.2) is 11.6 Å². The molecule has 1 aliphatic rings. The summed E-state index contributed by atoms with van der Waals surface area (Å²) in [5.41, 5.74) is 0.957. The zero-order valence-corrected chi connectivity index (χ0v) is 7.51. The first-order valence-corrected chi connectivity index (χ1v) is 5.40. The van der Waals surface area contributed by atoms with Crippen LogP contribution in [0, 0.1) is 0 Å². The molecule has 70 valence electrons. The number of rotatable bonds is 3. The lowest BCUT2D eigenvalue weighted by molar-refractivity contribution is 0.148. The third kappa shape index (κ3) is 3.85. The van der Waals surface area contributed by atoms with Crippen molar-refractivity contribution in [2.24, 2.45) is 0 Å². The Hall–Kier alpha value is -0.390. The first kappa shape index (κ1) is 9.70. The molecule has 0 fully saturated rings. The normalized spacial score (nSPS) is 18.9. The first-order chi connectivity index (χ1) is 5.58. The molecule has 1 rings (SSSR count). The van der Waals surface area contributed by atoms with Gasteiger partial charge < -0.3 is 4.74 Å². The smallest absolute Gasteiger partial charge is 0.265 e. The highest BCUT2D eigenvalue weighted by Gasteiger charge is 2.08. The Morgan fingerprint density at radius 1 is 1.58 bits per heavy atom. The molecule has 12 heavy (non-hydrogen) atoms. The van der Waals surface area contributed by atoms with Crippen LogP contribution in [-0.4, -0.2) is 31.9 Å². The lowest BCUT2D eigenvalue weighted by Crippen LogP contribution is -2.11. The van der Waals surface area contributed by atoms with Crippen LogP contribution in [0.25, 0.3) is 0 Å². The summed E-state index contributed by atoms with van der Waals surface area (Å²) in [6.45, 7) is 1.20. The zero-order chi connectivity index (χ0) is 9.03. The lowest BCUT2D eigenvalue weighted by atomic mass is 10.1. The third-order valence-corrected chi connectivity index (χ3v) is 2.38. The fourth-order valence-electron chi connectivity index (χ4n) is 1.04. The maximum atomic E-state index is 10.4. The number of ether oxygens (including phenoxy) is 1. The van der Waals surface area contributed by atoms with Crippen molar-refractivity contribution in [1.29, 1.82) is 0 Å². The minimum Gasteiger partial charge on any atom is -0.377 e. The van der Waals surface area contributed by atoms with E-state index in [4.69, 9.17) is 9.29 Å². The van der Waals surface area contributed by atoms with Crippen molar-refractivity contribution in [3.05, 3.63) is 11.6 Å². The van der Waals surface area contributed by atoms with Crippen molar-refractivity contribution in [2.75, 3.05) is 19.0 Å². The minimum absolute atomic E-state index is 0.206. The summed E-state index contributed by atoms with van der Waals surface area (Å²) in [4.78, 5) is 0. The Labute approximate surface area is 72.0 Å². The van der Waals surface area contributed by atoms with E-state index < -0.39 is 10.1 Å². The van der Waals surface area contributed by atoms with Gasteiger partial charge >= 0.3 is 0 Å². The number of hydrogen-bond donors (Lipinski definition) is 1. The van der Waals surface area contributed by atoms with Crippen molar-refractivity contribution in [3.63, 3.8) is 0 Å². The molecule has 1 aliphatic heterocycles. The first-order valence-electron chi connectivity index (χ1n) is 3.79. The topological polar surface area (TPSA) is 63.6 Å². The van der Waals surface area contributed by atoms with Gasteiger partial charge in [-0.15, -0.1) is 0 Å². The van der Waals surface area contributed by atoms with Crippen LogP contribution < -0.4 is 0 Å². The van der Waals surface area contributed by atoms with Gasteiger partial charge in [0.1, 0.15) is 0 Å². The SMILES string of the molecule is O=S(=O)(O)CCC1=CCCOC1. The number of hydrogen-bond acceptors (Lipinski definition) is 3. The van der Waals surface area contributed by atoms with Crippen molar-refractivity contribution in [1.82, 2.24) is 0 Å². The van der Waals surface area contributed by atoms with E-state index in [0.717, 1.165) is 12.0 Å². The molecule has 1 N–H and O–H groups in total. The largest absolute Gasteiger partial charge is 0.377 e. The van der Waals surface area contributed by atoms with Gasteiger partial charge in [0.05, 0.1) is 19.0 Å². The summed E-state index contributed by atoms with van der Waals surface area (Å²) < 4.78 is 34.3. The van der Waals surface area contributed by atoms with Gasteiger partial charge in [0.25, 0.3) is 10.1 Å². The molecule has 0 atom stereocenters. The van der Waals surface area contributed by atoms with Crippen LogP contribution in [0.5, 0.6) is 0 Å². The standard InChI is InChI=1S/C7H12O4S/c8-12(9,10)5-3-7-2-1-4-11-6-7/h2H,1,3-6H2,(H,8,9,10). The molecule has 0 aromatic carbocycles. The molecule has 0 aromatic rings. The van der Waals surface area contributed by atoms with Crippen LogP contribution in [0.4, 0.5) is 0 Å². The van der Waals surface area contributed by atoms with Gasteiger partial charge in [-0.1, -0.05) is 6.08 Å². The highest BCUT2D eigenvalue weighted by atomic mass is 32.2. The second-order valence-electron chi connectivity index (χ2n) is 2.74. The van der Waals surface area contributed by atoms with Gasteiger partial charge in [-0.3, -0.25) is 4.55 Å². The van der Waals surface area contributed by atoms with E-state index >= 15 is 0 Å². The Morgan fingerprint density at radius 3 is 2.83 bits per heavy atom. The minimum atomic E-state index is -3.82. The molecular weight excluding hydrogens is 180 g/mol. The average Bonchev–Trinajstić information content (AvgIpc) is 2.02. The molecule has 1 heterocycles. The molecule has 4 nitrogen and oxygen atoms in total. The van der Waals surface area contributed by atoms with Gasteiger partial charge in [-0.05, 0) is 18.4 Å². The molecule has 0 saturated carbocycles. The van der Waals surface area contributed by atoms with Gasteiger partial charge in [-0.25, -0.2) is 0 Å². The van der Waals surface area contributed by atoms with E-state index in [9.17, 15) is 8.42 Å². The highest BCUT2D eigenvalue weighted by molar-refractivity contribution is 7.85. The van der Waals surface area contributed by atoms with Crippen LogP contribution in [0.3, 0.4) is 0 Å². The second kappa shape index (κ2) is 4.02. The van der Waals surface area contributed by atoms with E-state index in [1.165, 1.54) is 0 Å². The Balaban J connectivity index is 2.36. The molecule has 5 heteroatoms. The Kier molecular flexibility index (Phi) is 3.25. The van der Waals surface area contributed by atoms with Crippen molar-refractivity contribution in [2.45, 2.75) is 12.8 Å². The maximum Gasteiger partial charge on any atom is 0.265 e. The highest BCUT2D eigenvalue weighted by Crippen LogP contribution is 2.10. The predicted octanol–water partition coefficient (Wildman–Crippen LogP) is 0.611. The fourth-order valence-corrected chi connectivity index (χ4v) is 1.56. The summed E-state index contributed by atoms with van der Waals surface area (Å²) in [5.74, 6) is -0.206. The van der Waals surface area contributed by atoms with Crippen LogP contribution in [0.1, 0.15) is 12.8 Å². The molecule has 0 bridgehead atoms. The summed E-state index contributed by atoms with van der Waals surface area (Å²) in [5, 5.41) is 0. The van der Waals surface area contributed by atoms with E-state index in [0.29, 0.717) is 19.6 Å². The van der Waals surface area contributed by atoms with E-state index in [-0.39, 0.29) is 5.75 Å². The maximum absolute atomic E-state index is 10.4. The average molecular weight is 192 g/mol. The monoisotopic (exact) mass is 192 g/mol. The van der Waals surface area contributed by atoms with E-state index in [1.807, 2.05) is 6.08 Å². The molecule has 0 saturated heterocycles. The molecule has 0 amide bonds. The summed E-state index contributed by atoms with van der Waals surface area (Å²) in [6.07, 6.45) is 3.17. The van der Waals surface area contributed by atoms with Crippen LogP contribution in [-0.2, 0) is 14.9 Å². The molecule has 0 radical (unpaired) electrons. The second-order valence-corrected chi connectivity index (χ2v) is 4.31.